The van der Waals surface area contributed by atoms with Crippen LogP contribution in [-0.4, -0.2) is 37.0 Å². The summed E-state index contributed by atoms with van der Waals surface area (Å²) in [7, 11) is 0. The monoisotopic (exact) mass is 349 g/mol. The average Bonchev–Trinajstić information content (AvgIpc) is 3.15. The van der Waals surface area contributed by atoms with E-state index >= 15 is 0 Å². The summed E-state index contributed by atoms with van der Waals surface area (Å²) in [5, 5.41) is 9.62. The molecule has 0 radical (unpaired) electrons. The first kappa shape index (κ1) is 16.2. The van der Waals surface area contributed by atoms with Crippen molar-refractivity contribution in [3.8, 4) is 6.07 Å². The number of fused-ring (bicyclic) bond motifs is 1. The minimum Gasteiger partial charge on any atom is -0.464 e. The maximum absolute atomic E-state index is 13.8. The molecule has 0 bridgehead atoms. The number of anilines is 1. The molecule has 0 aliphatic carbocycles. The second kappa shape index (κ2) is 6.52. The zero-order valence-corrected chi connectivity index (χ0v) is 14.0. The summed E-state index contributed by atoms with van der Waals surface area (Å²) in [6.45, 7) is 2.34. The second-order valence-corrected chi connectivity index (χ2v) is 6.23. The van der Waals surface area contributed by atoms with Gasteiger partial charge in [-0.05, 0) is 36.4 Å². The molecule has 1 amide bonds. The summed E-state index contributed by atoms with van der Waals surface area (Å²) in [5.41, 5.74) is 2.25. The lowest BCUT2D eigenvalue weighted by molar-refractivity contribution is 0.0747. The molecule has 2 heterocycles. The molecule has 26 heavy (non-hydrogen) atoms. The lowest BCUT2D eigenvalue weighted by Gasteiger charge is -2.36. The van der Waals surface area contributed by atoms with Crippen LogP contribution in [0.25, 0.3) is 11.0 Å². The largest absolute Gasteiger partial charge is 0.464 e. The zero-order chi connectivity index (χ0) is 18.1. The number of piperazine rings is 1. The predicted molar refractivity (Wildman–Crippen MR) is 95.4 cm³/mol. The van der Waals surface area contributed by atoms with Gasteiger partial charge in [0, 0.05) is 37.3 Å². The van der Waals surface area contributed by atoms with E-state index in [0.717, 1.165) is 5.69 Å². The highest BCUT2D eigenvalue weighted by Gasteiger charge is 2.25. The molecule has 1 aromatic heterocycles. The van der Waals surface area contributed by atoms with Crippen molar-refractivity contribution < 1.29 is 13.6 Å². The first-order chi connectivity index (χ1) is 12.7. The molecule has 1 aliphatic heterocycles. The number of rotatable bonds is 2. The molecular formula is C20H16FN3O2. The van der Waals surface area contributed by atoms with Gasteiger partial charge in [0.2, 0.25) is 0 Å². The predicted octanol–water partition coefficient (Wildman–Crippen LogP) is 3.41. The number of carbonyl (C=O) groups is 1. The quantitative estimate of drug-likeness (QED) is 0.711. The number of carbonyl (C=O) groups excluding carboxylic acids is 1. The fraction of sp³-hybridized carbons (Fsp3) is 0.200. The summed E-state index contributed by atoms with van der Waals surface area (Å²) >= 11 is 0. The molecule has 1 saturated heterocycles. The van der Waals surface area contributed by atoms with Gasteiger partial charge >= 0.3 is 0 Å². The van der Waals surface area contributed by atoms with Crippen molar-refractivity contribution in [1.82, 2.24) is 4.90 Å². The van der Waals surface area contributed by atoms with Crippen molar-refractivity contribution >= 4 is 22.6 Å². The Morgan fingerprint density at radius 3 is 2.69 bits per heavy atom. The minimum atomic E-state index is -0.450. The number of benzene rings is 2. The average molecular weight is 349 g/mol. The highest BCUT2D eigenvalue weighted by molar-refractivity contribution is 6.05. The van der Waals surface area contributed by atoms with Crippen LogP contribution in [0.2, 0.25) is 0 Å². The van der Waals surface area contributed by atoms with Gasteiger partial charge in [0.25, 0.3) is 5.91 Å². The second-order valence-electron chi connectivity index (χ2n) is 6.23. The van der Waals surface area contributed by atoms with Crippen molar-refractivity contribution in [2.45, 2.75) is 0 Å². The summed E-state index contributed by atoms with van der Waals surface area (Å²) in [5.74, 6) is -0.677. The van der Waals surface area contributed by atoms with Crippen molar-refractivity contribution in [1.29, 1.82) is 5.26 Å². The summed E-state index contributed by atoms with van der Waals surface area (Å²) in [6.07, 6.45) is 1.46. The van der Waals surface area contributed by atoms with E-state index in [1.54, 1.807) is 17.0 Å². The molecule has 0 N–H and O–H groups in total. The van der Waals surface area contributed by atoms with Crippen LogP contribution in [0.1, 0.15) is 15.9 Å². The molecule has 1 fully saturated rings. The normalized spacial score (nSPS) is 14.5. The Bertz CT molecular complexity index is 1010. The number of hydrogen-bond donors (Lipinski definition) is 0. The van der Waals surface area contributed by atoms with Crippen molar-refractivity contribution in [3.63, 3.8) is 0 Å². The third kappa shape index (κ3) is 2.88. The number of nitrogens with zero attached hydrogens (tertiary/aromatic N) is 3. The van der Waals surface area contributed by atoms with Gasteiger partial charge in [-0.15, -0.1) is 0 Å². The van der Waals surface area contributed by atoms with Crippen LogP contribution in [-0.2, 0) is 0 Å². The fourth-order valence-electron chi connectivity index (χ4n) is 3.31. The van der Waals surface area contributed by atoms with Crippen LogP contribution in [0.5, 0.6) is 0 Å². The molecule has 0 unspecified atom stereocenters. The van der Waals surface area contributed by atoms with E-state index in [1.165, 1.54) is 18.4 Å². The third-order valence-corrected chi connectivity index (χ3v) is 4.65. The highest BCUT2D eigenvalue weighted by atomic mass is 19.1. The molecule has 0 atom stereocenters. The fourth-order valence-corrected chi connectivity index (χ4v) is 3.31. The molecule has 130 valence electrons. The van der Waals surface area contributed by atoms with Gasteiger partial charge in [-0.1, -0.05) is 6.07 Å². The highest BCUT2D eigenvalue weighted by Crippen LogP contribution is 2.24. The van der Waals surface area contributed by atoms with Crippen LogP contribution in [0.4, 0.5) is 10.1 Å². The topological polar surface area (TPSA) is 60.5 Å². The van der Waals surface area contributed by atoms with Crippen LogP contribution in [0, 0.1) is 17.1 Å². The summed E-state index contributed by atoms with van der Waals surface area (Å²) in [6, 6.07) is 13.8. The first-order valence-corrected chi connectivity index (χ1v) is 8.37. The SMILES string of the molecule is N#Cc1cccc(N2CCN(C(=O)c3cc(F)cc4ccoc34)CC2)c1. The van der Waals surface area contributed by atoms with Gasteiger partial charge < -0.3 is 14.2 Å². The summed E-state index contributed by atoms with van der Waals surface area (Å²) < 4.78 is 19.2. The minimum absolute atomic E-state index is 0.227. The van der Waals surface area contributed by atoms with Crippen LogP contribution in [0.3, 0.4) is 0 Å². The van der Waals surface area contributed by atoms with Gasteiger partial charge in [0.1, 0.15) is 11.4 Å². The lowest BCUT2D eigenvalue weighted by atomic mass is 10.1. The smallest absolute Gasteiger partial charge is 0.257 e. The van der Waals surface area contributed by atoms with Gasteiger partial charge in [0.05, 0.1) is 23.5 Å². The van der Waals surface area contributed by atoms with Gasteiger partial charge in [-0.2, -0.15) is 5.26 Å². The Balaban J connectivity index is 1.51. The molecule has 3 aromatic rings. The molecular weight excluding hydrogens is 333 g/mol. The van der Waals surface area contributed by atoms with E-state index < -0.39 is 5.82 Å². The Morgan fingerprint density at radius 1 is 1.12 bits per heavy atom. The summed E-state index contributed by atoms with van der Waals surface area (Å²) in [4.78, 5) is 16.7. The van der Waals surface area contributed by atoms with Crippen LogP contribution in [0.15, 0.2) is 53.1 Å². The van der Waals surface area contributed by atoms with E-state index in [0.29, 0.717) is 42.7 Å². The van der Waals surface area contributed by atoms with E-state index in [1.807, 2.05) is 18.2 Å². The van der Waals surface area contributed by atoms with Crippen molar-refractivity contribution in [2.24, 2.45) is 0 Å². The number of halogens is 1. The molecule has 4 rings (SSSR count). The van der Waals surface area contributed by atoms with Gasteiger partial charge in [0.15, 0.2) is 0 Å². The van der Waals surface area contributed by atoms with E-state index in [4.69, 9.17) is 9.68 Å². The van der Waals surface area contributed by atoms with Crippen LogP contribution >= 0.6 is 0 Å². The van der Waals surface area contributed by atoms with E-state index in [9.17, 15) is 9.18 Å². The Hall–Kier alpha value is -3.33. The van der Waals surface area contributed by atoms with E-state index in [-0.39, 0.29) is 11.5 Å². The zero-order valence-electron chi connectivity index (χ0n) is 14.0. The van der Waals surface area contributed by atoms with Gasteiger partial charge in [-0.3, -0.25) is 4.79 Å². The van der Waals surface area contributed by atoms with E-state index in [2.05, 4.69) is 11.0 Å². The molecule has 2 aromatic carbocycles. The van der Waals surface area contributed by atoms with Crippen molar-refractivity contribution in [2.75, 3.05) is 31.1 Å². The number of amides is 1. The van der Waals surface area contributed by atoms with Crippen LogP contribution < -0.4 is 4.90 Å². The Morgan fingerprint density at radius 2 is 1.92 bits per heavy atom. The van der Waals surface area contributed by atoms with Crippen molar-refractivity contribution in [3.05, 3.63) is 65.7 Å². The van der Waals surface area contributed by atoms with Gasteiger partial charge in [-0.25, -0.2) is 4.39 Å². The maximum atomic E-state index is 13.8. The molecule has 5 nitrogen and oxygen atoms in total. The standard InChI is InChI=1S/C20H16FN3O2/c21-16-11-15-4-9-26-19(15)18(12-16)20(25)24-7-5-23(6-8-24)17-3-1-2-14(10-17)13-22/h1-4,9-12H,5-8H2. The Labute approximate surface area is 149 Å². The number of nitriles is 1. The molecule has 6 heteroatoms. The molecule has 0 saturated carbocycles. The Kier molecular flexibility index (Phi) is 4.05. The lowest BCUT2D eigenvalue weighted by Crippen LogP contribution is -2.48. The molecule has 0 spiro atoms. The first-order valence-electron chi connectivity index (χ1n) is 8.37. The number of hydrogen-bond acceptors (Lipinski definition) is 4. The number of furan rings is 1. The third-order valence-electron chi connectivity index (χ3n) is 4.65. The molecule has 1 aliphatic rings. The maximum Gasteiger partial charge on any atom is 0.257 e.